The molecule has 0 atom stereocenters. The zero-order chi connectivity index (χ0) is 20.3. The van der Waals surface area contributed by atoms with Crippen LogP contribution in [0.15, 0.2) is 41.3 Å². The lowest BCUT2D eigenvalue weighted by Crippen LogP contribution is -2.33. The Morgan fingerprint density at radius 1 is 1.04 bits per heavy atom. The topological polar surface area (TPSA) is 67.9 Å². The molecule has 1 N–H and O–H groups in total. The normalized spacial score (nSPS) is 15.3. The van der Waals surface area contributed by atoms with Crippen molar-refractivity contribution in [2.75, 3.05) is 26.2 Å². The predicted molar refractivity (Wildman–Crippen MR) is 112 cm³/mol. The van der Waals surface area contributed by atoms with E-state index in [1.165, 1.54) is 10.5 Å². The average Bonchev–Trinajstić information content (AvgIpc) is 2.95. The van der Waals surface area contributed by atoms with Crippen LogP contribution in [0.3, 0.4) is 0 Å². The van der Waals surface area contributed by atoms with Crippen molar-refractivity contribution < 1.29 is 19.1 Å². The van der Waals surface area contributed by atoms with Gasteiger partial charge < -0.3 is 14.8 Å². The number of aryl methyl sites for hydroxylation is 2. The molecule has 6 nitrogen and oxygen atoms in total. The van der Waals surface area contributed by atoms with Crippen molar-refractivity contribution in [2.45, 2.75) is 13.8 Å². The molecule has 0 aromatic heterocycles. The van der Waals surface area contributed by atoms with Gasteiger partial charge in [-0.1, -0.05) is 6.07 Å². The Hall–Kier alpha value is -2.93. The van der Waals surface area contributed by atoms with Gasteiger partial charge in [-0.25, -0.2) is 0 Å². The maximum atomic E-state index is 12.7. The molecule has 3 rings (SSSR count). The minimum absolute atomic E-state index is 0.111. The molecule has 28 heavy (non-hydrogen) atoms. The second kappa shape index (κ2) is 8.39. The van der Waals surface area contributed by atoms with Crippen molar-refractivity contribution in [3.05, 3.63) is 58.0 Å². The Balaban J connectivity index is 1.78. The van der Waals surface area contributed by atoms with Crippen LogP contribution >= 0.6 is 11.8 Å². The number of ether oxygens (including phenoxy) is 2. The summed E-state index contributed by atoms with van der Waals surface area (Å²) in [4.78, 5) is 26.6. The van der Waals surface area contributed by atoms with Crippen molar-refractivity contribution in [3.8, 4) is 11.5 Å². The van der Waals surface area contributed by atoms with Gasteiger partial charge in [-0.05, 0) is 73.1 Å². The highest BCUT2D eigenvalue weighted by Gasteiger charge is 2.35. The van der Waals surface area contributed by atoms with E-state index >= 15 is 0 Å². The first kappa shape index (κ1) is 19.8. The molecule has 0 bridgehead atoms. The summed E-state index contributed by atoms with van der Waals surface area (Å²) < 4.78 is 10.6. The number of nitrogens with zero attached hydrogens (tertiary/aromatic N) is 1. The van der Waals surface area contributed by atoms with Crippen LogP contribution in [-0.2, 0) is 4.79 Å². The lowest BCUT2D eigenvalue weighted by molar-refractivity contribution is -0.122. The third-order valence-electron chi connectivity index (χ3n) is 4.55. The number of anilines is 1. The van der Waals surface area contributed by atoms with E-state index in [0.717, 1.165) is 23.0 Å². The van der Waals surface area contributed by atoms with Gasteiger partial charge in [0.25, 0.3) is 11.1 Å². The van der Waals surface area contributed by atoms with Crippen LogP contribution in [0.25, 0.3) is 6.08 Å². The van der Waals surface area contributed by atoms with Gasteiger partial charge in [0.05, 0.1) is 25.8 Å². The number of carbonyl (C=O) groups excluding carboxylic acids is 2. The Labute approximate surface area is 168 Å². The zero-order valence-electron chi connectivity index (χ0n) is 16.2. The van der Waals surface area contributed by atoms with E-state index in [1.54, 1.807) is 38.5 Å². The maximum Gasteiger partial charge on any atom is 0.295 e. The van der Waals surface area contributed by atoms with E-state index in [1.807, 2.05) is 32.0 Å². The predicted octanol–water partition coefficient (Wildman–Crippen LogP) is 4.43. The molecule has 146 valence electrons. The molecular weight excluding hydrogens is 376 g/mol. The number of hydrogen-bond donors (Lipinski definition) is 1. The van der Waals surface area contributed by atoms with Gasteiger partial charge in [0, 0.05) is 11.3 Å². The summed E-state index contributed by atoms with van der Waals surface area (Å²) in [5, 5.41) is 2.83. The van der Waals surface area contributed by atoms with E-state index in [9.17, 15) is 9.59 Å². The summed E-state index contributed by atoms with van der Waals surface area (Å²) in [7, 11) is 3.12. The van der Waals surface area contributed by atoms with Gasteiger partial charge in [-0.2, -0.15) is 0 Å². The van der Waals surface area contributed by atoms with Gasteiger partial charge in [-0.15, -0.1) is 0 Å². The molecule has 1 aliphatic heterocycles. The number of hydrogen-bond acceptors (Lipinski definition) is 6. The maximum absolute atomic E-state index is 12.7. The van der Waals surface area contributed by atoms with Gasteiger partial charge in [-0.3, -0.25) is 14.5 Å². The summed E-state index contributed by atoms with van der Waals surface area (Å²) in [6, 6.07) is 11.2. The lowest BCUT2D eigenvalue weighted by Gasteiger charge is -2.15. The summed E-state index contributed by atoms with van der Waals surface area (Å²) >= 11 is 0.912. The fourth-order valence-corrected chi connectivity index (χ4v) is 3.58. The Bertz CT molecular complexity index is 955. The first-order chi connectivity index (χ1) is 13.4. The van der Waals surface area contributed by atoms with Gasteiger partial charge in [0.2, 0.25) is 0 Å². The summed E-state index contributed by atoms with van der Waals surface area (Å²) in [5.74, 6) is 0.903. The number of carbonyl (C=O) groups is 2. The van der Waals surface area contributed by atoms with Crippen molar-refractivity contribution in [2.24, 2.45) is 0 Å². The smallest absolute Gasteiger partial charge is 0.295 e. The Morgan fingerprint density at radius 3 is 2.50 bits per heavy atom. The molecule has 1 heterocycles. The second-order valence-electron chi connectivity index (χ2n) is 6.35. The molecule has 0 aliphatic carbocycles. The third-order valence-corrected chi connectivity index (χ3v) is 5.45. The standard InChI is InChI=1S/C21H22N2O4S/c1-13-5-6-16(9-14(13)2)22-12-23-20(24)19(28-21(23)25)11-15-10-17(26-3)7-8-18(15)27-4/h5-11,22H,12H2,1-4H3/b19-11+. The van der Waals surface area contributed by atoms with E-state index in [-0.39, 0.29) is 17.8 Å². The molecule has 7 heteroatoms. The molecule has 2 aromatic carbocycles. The Morgan fingerprint density at radius 2 is 1.82 bits per heavy atom. The van der Waals surface area contributed by atoms with E-state index in [0.29, 0.717) is 22.0 Å². The average molecular weight is 398 g/mol. The lowest BCUT2D eigenvalue weighted by atomic mass is 10.1. The molecular formula is C21H22N2O4S. The zero-order valence-corrected chi connectivity index (χ0v) is 17.1. The van der Waals surface area contributed by atoms with Crippen LogP contribution in [0.5, 0.6) is 11.5 Å². The molecule has 2 aromatic rings. The summed E-state index contributed by atoms with van der Waals surface area (Å²) in [6.07, 6.45) is 1.66. The fourth-order valence-electron chi connectivity index (χ4n) is 2.75. The van der Waals surface area contributed by atoms with Crippen molar-refractivity contribution in [3.63, 3.8) is 0 Å². The quantitative estimate of drug-likeness (QED) is 0.726. The number of rotatable bonds is 6. The summed E-state index contributed by atoms with van der Waals surface area (Å²) in [5.41, 5.74) is 3.87. The second-order valence-corrected chi connectivity index (χ2v) is 7.34. The van der Waals surface area contributed by atoms with E-state index < -0.39 is 0 Å². The molecule has 1 fully saturated rings. The van der Waals surface area contributed by atoms with Crippen LogP contribution in [0.1, 0.15) is 16.7 Å². The van der Waals surface area contributed by atoms with Crippen LogP contribution in [0.2, 0.25) is 0 Å². The van der Waals surface area contributed by atoms with Gasteiger partial charge in [0.15, 0.2) is 0 Å². The number of nitrogens with one attached hydrogen (secondary N) is 1. The SMILES string of the molecule is COc1ccc(OC)c(/C=C2/SC(=O)N(CNc3ccc(C)c(C)c3)C2=O)c1. The van der Waals surface area contributed by atoms with Gasteiger partial charge in [0.1, 0.15) is 11.5 Å². The number of amides is 2. The number of benzene rings is 2. The highest BCUT2D eigenvalue weighted by molar-refractivity contribution is 8.18. The van der Waals surface area contributed by atoms with Crippen molar-refractivity contribution in [1.82, 2.24) is 4.90 Å². The summed E-state index contributed by atoms with van der Waals surface area (Å²) in [6.45, 7) is 4.16. The largest absolute Gasteiger partial charge is 0.497 e. The molecule has 1 aliphatic rings. The van der Waals surface area contributed by atoms with Crippen molar-refractivity contribution >= 4 is 34.7 Å². The molecule has 2 amide bonds. The van der Waals surface area contributed by atoms with E-state index in [2.05, 4.69) is 5.32 Å². The number of thioether (sulfide) groups is 1. The van der Waals surface area contributed by atoms with Crippen LogP contribution in [-0.4, -0.2) is 36.9 Å². The minimum atomic E-state index is -0.337. The number of methoxy groups -OCH3 is 2. The highest BCUT2D eigenvalue weighted by Crippen LogP contribution is 2.35. The monoisotopic (exact) mass is 398 g/mol. The van der Waals surface area contributed by atoms with Crippen LogP contribution in [0.4, 0.5) is 10.5 Å². The fraction of sp³-hybridized carbons (Fsp3) is 0.238. The molecule has 0 unspecified atom stereocenters. The van der Waals surface area contributed by atoms with Crippen LogP contribution in [0, 0.1) is 13.8 Å². The molecule has 0 spiro atoms. The van der Waals surface area contributed by atoms with Crippen LogP contribution < -0.4 is 14.8 Å². The number of imide groups is 1. The first-order valence-corrected chi connectivity index (χ1v) is 9.53. The highest BCUT2D eigenvalue weighted by atomic mass is 32.2. The van der Waals surface area contributed by atoms with E-state index in [4.69, 9.17) is 9.47 Å². The Kier molecular flexibility index (Phi) is 5.94. The first-order valence-electron chi connectivity index (χ1n) is 8.71. The van der Waals surface area contributed by atoms with Gasteiger partial charge >= 0.3 is 0 Å². The molecule has 0 radical (unpaired) electrons. The third kappa shape index (κ3) is 4.14. The minimum Gasteiger partial charge on any atom is -0.497 e. The molecule has 0 saturated carbocycles. The molecule has 1 saturated heterocycles. The van der Waals surface area contributed by atoms with Crippen molar-refractivity contribution in [1.29, 1.82) is 0 Å².